The Hall–Kier alpha value is -4.32. The van der Waals surface area contributed by atoms with Gasteiger partial charge in [0.2, 0.25) is 17.8 Å². The molecule has 0 bridgehead atoms. The number of aromatic amines is 1. The molecule has 15 nitrogen and oxygen atoms in total. The second kappa shape index (κ2) is 15.1. The summed E-state index contributed by atoms with van der Waals surface area (Å²) in [5.74, 6) is -0.668. The van der Waals surface area contributed by atoms with Gasteiger partial charge in [0.1, 0.15) is 5.56 Å². The van der Waals surface area contributed by atoms with E-state index in [9.17, 15) is 32.3 Å². The number of hydrogen-bond acceptors (Lipinski definition) is 11. The number of ether oxygens (including phenoxy) is 1. The number of piperazine rings is 1. The topological polar surface area (TPSA) is 195 Å². The molecular formula is C24H32F3N9O6. The summed E-state index contributed by atoms with van der Waals surface area (Å²) in [6.45, 7) is 3.64. The van der Waals surface area contributed by atoms with Gasteiger partial charge in [0.15, 0.2) is 0 Å². The van der Waals surface area contributed by atoms with E-state index in [0.717, 1.165) is 6.20 Å². The van der Waals surface area contributed by atoms with Crippen LogP contribution < -0.4 is 26.6 Å². The molecule has 42 heavy (non-hydrogen) atoms. The lowest BCUT2D eigenvalue weighted by molar-refractivity contribution is -0.138. The molecule has 0 aromatic carbocycles. The molecule has 2 aromatic heterocycles. The van der Waals surface area contributed by atoms with Crippen molar-refractivity contribution in [2.45, 2.75) is 38.4 Å². The molecule has 230 valence electrons. The van der Waals surface area contributed by atoms with Gasteiger partial charge in [-0.1, -0.05) is 0 Å². The lowest BCUT2D eigenvalue weighted by atomic mass is 10.2. The fourth-order valence-electron chi connectivity index (χ4n) is 4.04. The molecule has 5 N–H and O–H groups in total. The number of carbonyl (C=O) groups excluding carboxylic acids is 3. The van der Waals surface area contributed by atoms with Crippen LogP contribution in [0.1, 0.15) is 42.1 Å². The van der Waals surface area contributed by atoms with Gasteiger partial charge in [0, 0.05) is 57.6 Å². The number of anilines is 2. The van der Waals surface area contributed by atoms with Crippen LogP contribution in [0.3, 0.4) is 0 Å². The van der Waals surface area contributed by atoms with Crippen molar-refractivity contribution in [2.75, 3.05) is 56.2 Å². The van der Waals surface area contributed by atoms with Gasteiger partial charge in [-0.25, -0.2) is 20.5 Å². The molecule has 1 fully saturated rings. The molecule has 3 rings (SSSR count). The average molecular weight is 600 g/mol. The zero-order chi connectivity index (χ0) is 30.7. The van der Waals surface area contributed by atoms with Crippen LogP contribution in [0.15, 0.2) is 23.4 Å². The number of nitrogens with zero attached hydrogens (tertiary/aromatic N) is 5. The number of hydroxylamine groups is 1. The van der Waals surface area contributed by atoms with Crippen LogP contribution in [0.4, 0.5) is 24.8 Å². The first-order chi connectivity index (χ1) is 20.0. The third-order valence-electron chi connectivity index (χ3n) is 6.18. The number of aromatic nitrogens is 4. The van der Waals surface area contributed by atoms with Gasteiger partial charge in [-0.15, -0.1) is 0 Å². The summed E-state index contributed by atoms with van der Waals surface area (Å²) in [4.78, 5) is 59.3. The molecule has 0 spiro atoms. The smallest absolute Gasteiger partial charge is 0.379 e. The fraction of sp³-hybridized carbons (Fsp3) is 0.542. The lowest BCUT2D eigenvalue weighted by Crippen LogP contribution is -2.49. The number of amides is 3. The predicted octanol–water partition coefficient (Wildman–Crippen LogP) is 0.150. The van der Waals surface area contributed by atoms with Crippen LogP contribution in [0, 0.1) is 0 Å². The van der Waals surface area contributed by atoms with Crippen molar-refractivity contribution in [3.05, 3.63) is 40.1 Å². The molecule has 3 amide bonds. The number of hydrogen-bond donors (Lipinski definition) is 5. The highest BCUT2D eigenvalue weighted by Gasteiger charge is 2.37. The van der Waals surface area contributed by atoms with Crippen molar-refractivity contribution < 1.29 is 37.5 Å². The number of rotatable bonds is 13. The van der Waals surface area contributed by atoms with Crippen LogP contribution in [-0.4, -0.2) is 100.0 Å². The summed E-state index contributed by atoms with van der Waals surface area (Å²) in [5.41, 5.74) is -1.41. The molecule has 0 saturated carbocycles. The van der Waals surface area contributed by atoms with E-state index in [4.69, 9.17) is 9.94 Å². The Balaban J connectivity index is 1.36. The highest BCUT2D eigenvalue weighted by Crippen LogP contribution is 2.31. The second-order valence-electron chi connectivity index (χ2n) is 9.39. The summed E-state index contributed by atoms with van der Waals surface area (Å²) >= 11 is 0. The van der Waals surface area contributed by atoms with Crippen molar-refractivity contribution in [1.82, 2.24) is 35.9 Å². The van der Waals surface area contributed by atoms with Crippen molar-refractivity contribution >= 4 is 29.4 Å². The molecule has 0 aliphatic carbocycles. The first-order valence-corrected chi connectivity index (χ1v) is 13.0. The summed E-state index contributed by atoms with van der Waals surface area (Å²) in [5, 5.41) is 18.8. The standard InChI is InChI=1S/C24H32F3N9O6/c1-15(32-17-13-31-33-22(40)20(17)24(25,26)27)14-42-10-4-19(38)35-6-8-36(9-7-35)23-29-11-16(12-30-23)21(39)28-5-2-3-18(37)34-41/h11-13,15,41H,2-10,14H2,1H3,(H,28,39)(H,34,37)(H2,32,33,40)/t15-/m0/s1. The molecular weight excluding hydrogens is 567 g/mol. The monoisotopic (exact) mass is 599 g/mol. The Morgan fingerprint density at radius 1 is 1.12 bits per heavy atom. The molecule has 0 unspecified atom stereocenters. The summed E-state index contributed by atoms with van der Waals surface area (Å²) < 4.78 is 45.0. The normalized spacial score (nSPS) is 14.3. The summed E-state index contributed by atoms with van der Waals surface area (Å²) in [7, 11) is 0. The van der Waals surface area contributed by atoms with Gasteiger partial charge in [0.05, 0.1) is 37.1 Å². The van der Waals surface area contributed by atoms with Gasteiger partial charge in [-0.05, 0) is 13.3 Å². The average Bonchev–Trinajstić information content (AvgIpc) is 2.96. The van der Waals surface area contributed by atoms with E-state index < -0.39 is 40.8 Å². The van der Waals surface area contributed by atoms with Gasteiger partial charge in [-0.2, -0.15) is 18.3 Å². The Morgan fingerprint density at radius 2 is 1.81 bits per heavy atom. The number of halogens is 3. The third kappa shape index (κ3) is 9.37. The Morgan fingerprint density at radius 3 is 2.45 bits per heavy atom. The molecule has 0 radical (unpaired) electrons. The second-order valence-corrected chi connectivity index (χ2v) is 9.39. The Labute approximate surface area is 237 Å². The van der Waals surface area contributed by atoms with Gasteiger partial charge >= 0.3 is 6.18 Å². The molecule has 1 aliphatic heterocycles. The van der Waals surface area contributed by atoms with Crippen LogP contribution >= 0.6 is 0 Å². The van der Waals surface area contributed by atoms with Crippen molar-refractivity contribution in [3.63, 3.8) is 0 Å². The van der Waals surface area contributed by atoms with E-state index in [1.54, 1.807) is 16.9 Å². The van der Waals surface area contributed by atoms with Crippen molar-refractivity contribution in [3.8, 4) is 0 Å². The Kier molecular flexibility index (Phi) is 11.5. The predicted molar refractivity (Wildman–Crippen MR) is 141 cm³/mol. The molecule has 1 atom stereocenters. The fourth-order valence-corrected chi connectivity index (χ4v) is 4.04. The summed E-state index contributed by atoms with van der Waals surface area (Å²) in [6.07, 6.45) is -0.698. The van der Waals surface area contributed by atoms with E-state index in [-0.39, 0.29) is 44.1 Å². The molecule has 1 aliphatic rings. The largest absolute Gasteiger partial charge is 0.423 e. The molecule has 3 heterocycles. The number of alkyl halides is 3. The third-order valence-corrected chi connectivity index (χ3v) is 6.18. The maximum Gasteiger partial charge on any atom is 0.423 e. The maximum absolute atomic E-state index is 13.2. The minimum atomic E-state index is -4.86. The van der Waals surface area contributed by atoms with Crippen LogP contribution in [0.5, 0.6) is 0 Å². The number of carbonyl (C=O) groups is 3. The van der Waals surface area contributed by atoms with Crippen LogP contribution in [0.2, 0.25) is 0 Å². The minimum absolute atomic E-state index is 0.00260. The quantitative estimate of drug-likeness (QED) is 0.119. The first-order valence-electron chi connectivity index (χ1n) is 13.0. The van der Waals surface area contributed by atoms with E-state index in [2.05, 4.69) is 25.7 Å². The van der Waals surface area contributed by atoms with Crippen molar-refractivity contribution in [1.29, 1.82) is 0 Å². The minimum Gasteiger partial charge on any atom is -0.379 e. The van der Waals surface area contributed by atoms with E-state index in [1.807, 2.05) is 4.90 Å². The zero-order valence-corrected chi connectivity index (χ0v) is 22.7. The zero-order valence-electron chi connectivity index (χ0n) is 22.7. The lowest BCUT2D eigenvalue weighted by Gasteiger charge is -2.34. The van der Waals surface area contributed by atoms with Crippen LogP contribution in [-0.2, 0) is 20.5 Å². The van der Waals surface area contributed by atoms with Crippen LogP contribution in [0.25, 0.3) is 0 Å². The van der Waals surface area contributed by atoms with E-state index >= 15 is 0 Å². The van der Waals surface area contributed by atoms with E-state index in [1.165, 1.54) is 17.9 Å². The van der Waals surface area contributed by atoms with Gasteiger partial charge < -0.3 is 25.2 Å². The Bertz CT molecular complexity index is 1270. The number of nitrogens with one attached hydrogen (secondary N) is 4. The molecule has 18 heteroatoms. The first kappa shape index (κ1) is 32.2. The highest BCUT2D eigenvalue weighted by atomic mass is 19.4. The van der Waals surface area contributed by atoms with Gasteiger partial charge in [-0.3, -0.25) is 24.4 Å². The van der Waals surface area contributed by atoms with E-state index in [0.29, 0.717) is 38.5 Å². The van der Waals surface area contributed by atoms with Crippen molar-refractivity contribution in [2.24, 2.45) is 0 Å². The maximum atomic E-state index is 13.2. The molecule has 2 aromatic rings. The SMILES string of the molecule is C[C@@H](COCCC(=O)N1CCN(c2ncc(C(=O)NCCCC(=O)NO)cn2)CC1)Nc1cn[nH]c(=O)c1C(F)(F)F. The van der Waals surface area contributed by atoms with Gasteiger partial charge in [0.25, 0.3) is 11.5 Å². The molecule has 1 saturated heterocycles. The highest BCUT2D eigenvalue weighted by molar-refractivity contribution is 5.93. The summed E-state index contributed by atoms with van der Waals surface area (Å²) in [6, 6.07) is -0.592. The number of H-pyrrole nitrogens is 1.